The lowest BCUT2D eigenvalue weighted by Gasteiger charge is -2.29. The van der Waals surface area contributed by atoms with Crippen molar-refractivity contribution >= 4 is 58.1 Å². The van der Waals surface area contributed by atoms with Crippen LogP contribution in [-0.4, -0.2) is 42.8 Å². The molecule has 2 atom stereocenters. The fourth-order valence-corrected chi connectivity index (χ4v) is 4.09. The summed E-state index contributed by atoms with van der Waals surface area (Å²) in [7, 11) is 1.43. The van der Waals surface area contributed by atoms with Gasteiger partial charge in [0.25, 0.3) is 0 Å². The highest BCUT2D eigenvalue weighted by Gasteiger charge is 2.44. The minimum absolute atomic E-state index is 0.00466. The van der Waals surface area contributed by atoms with Gasteiger partial charge in [-0.2, -0.15) is 8.78 Å². The van der Waals surface area contributed by atoms with E-state index in [-0.39, 0.29) is 27.9 Å². The number of nitrogens with zero attached hydrogens (tertiary/aromatic N) is 1. The molecule has 1 aliphatic heterocycles. The molecule has 182 valence electrons. The number of carbonyl (C=O) groups excluding carboxylic acids is 1. The van der Waals surface area contributed by atoms with E-state index >= 15 is 0 Å². The first-order chi connectivity index (χ1) is 16.0. The van der Waals surface area contributed by atoms with E-state index in [1.807, 2.05) is 0 Å². The number of nitrogens with one attached hydrogen (secondary N) is 2. The molecule has 0 saturated carbocycles. The fraction of sp³-hybridized carbons (Fsp3) is 0.318. The smallest absolute Gasteiger partial charge is 0.379 e. The normalized spacial score (nSPS) is 18.2. The van der Waals surface area contributed by atoms with Crippen LogP contribution in [0.1, 0.15) is 30.6 Å². The summed E-state index contributed by atoms with van der Waals surface area (Å²) in [6.45, 7) is 1.67. The Kier molecular flexibility index (Phi) is 8.02. The number of halogens is 5. The lowest BCUT2D eigenvalue weighted by molar-refractivity contribution is -0.145. The maximum Gasteiger partial charge on any atom is 0.379 e. The van der Waals surface area contributed by atoms with Crippen molar-refractivity contribution in [3.05, 3.63) is 57.6 Å². The van der Waals surface area contributed by atoms with Gasteiger partial charge in [-0.1, -0.05) is 35.3 Å². The predicted octanol–water partition coefficient (Wildman–Crippen LogP) is 6.04. The molecule has 2 N–H and O–H groups in total. The molecule has 2 aromatic rings. The van der Waals surface area contributed by atoms with E-state index in [2.05, 4.69) is 0 Å². The molecule has 0 bridgehead atoms. The molecule has 3 rings (SSSR count). The van der Waals surface area contributed by atoms with Crippen molar-refractivity contribution in [2.75, 3.05) is 18.6 Å². The van der Waals surface area contributed by atoms with Crippen LogP contribution in [-0.2, 0) is 14.3 Å². The van der Waals surface area contributed by atoms with Gasteiger partial charge in [0, 0.05) is 16.1 Å². The Balaban J connectivity index is 2.26. The van der Waals surface area contributed by atoms with E-state index in [1.54, 1.807) is 25.1 Å². The first-order valence-corrected chi connectivity index (χ1v) is 11.1. The molecule has 0 aliphatic carbocycles. The van der Waals surface area contributed by atoms with Crippen molar-refractivity contribution < 1.29 is 27.8 Å². The third-order valence-corrected chi connectivity index (χ3v) is 5.82. The Bertz CT molecular complexity index is 1130. The van der Waals surface area contributed by atoms with Crippen LogP contribution in [0.25, 0.3) is 0 Å². The summed E-state index contributed by atoms with van der Waals surface area (Å²) < 4.78 is 44.5. The van der Waals surface area contributed by atoms with E-state index in [0.717, 1.165) is 0 Å². The Morgan fingerprint density at radius 3 is 2.56 bits per heavy atom. The second-order valence-corrected chi connectivity index (χ2v) is 8.44. The number of carbonyl (C=O) groups is 1. The van der Waals surface area contributed by atoms with Gasteiger partial charge >= 0.3 is 11.4 Å². The molecule has 0 amide bonds. The van der Waals surface area contributed by atoms with Crippen LogP contribution in [0.5, 0.6) is 5.75 Å². The van der Waals surface area contributed by atoms with Crippen molar-refractivity contribution in [2.24, 2.45) is 0 Å². The Morgan fingerprint density at radius 1 is 1.24 bits per heavy atom. The van der Waals surface area contributed by atoms with E-state index in [4.69, 9.17) is 59.8 Å². The van der Waals surface area contributed by atoms with Gasteiger partial charge in [0.1, 0.15) is 23.8 Å². The second-order valence-electron chi connectivity index (χ2n) is 7.15. The molecule has 1 unspecified atom stereocenters. The fourth-order valence-electron chi connectivity index (χ4n) is 3.53. The van der Waals surface area contributed by atoms with Gasteiger partial charge in [-0.3, -0.25) is 20.5 Å². The van der Waals surface area contributed by atoms with Gasteiger partial charge in [0.2, 0.25) is 0 Å². The SMILES string of the molecule is CCOC(=O)CC1O[C@H](c2cccc(OC)c2Cl)c2cc(Cl)ccc2N(C(=N)C(F)(F)Cl)C1=N. The Labute approximate surface area is 209 Å². The number of benzene rings is 2. The van der Waals surface area contributed by atoms with Gasteiger partial charge in [0.15, 0.2) is 5.84 Å². The van der Waals surface area contributed by atoms with Gasteiger partial charge in [-0.25, -0.2) is 0 Å². The monoisotopic (exact) mass is 533 g/mol. The molecule has 1 aliphatic rings. The largest absolute Gasteiger partial charge is 0.495 e. The van der Waals surface area contributed by atoms with Crippen LogP contribution in [0, 0.1) is 10.8 Å². The summed E-state index contributed by atoms with van der Waals surface area (Å²) in [6.07, 6.45) is -2.95. The van der Waals surface area contributed by atoms with Crippen LogP contribution in [0.3, 0.4) is 0 Å². The number of fused-ring (bicyclic) bond motifs is 1. The van der Waals surface area contributed by atoms with Crippen LogP contribution in [0.4, 0.5) is 14.5 Å². The first-order valence-electron chi connectivity index (χ1n) is 9.96. The highest BCUT2D eigenvalue weighted by molar-refractivity contribution is 6.38. The second kappa shape index (κ2) is 10.4. The van der Waals surface area contributed by atoms with Crippen molar-refractivity contribution in [2.45, 2.75) is 30.9 Å². The number of methoxy groups -OCH3 is 1. The first kappa shape index (κ1) is 26.2. The van der Waals surface area contributed by atoms with Crippen molar-refractivity contribution in [3.8, 4) is 5.75 Å². The standard InChI is InChI=1S/C22H20Cl3F2N3O4/c1-3-33-17(31)10-16-20(28)30(21(29)22(25,26)27)14-8-7-11(23)9-13(14)19(34-16)12-5-4-6-15(32-2)18(12)24/h4-9,16,19,28-29H,3,10H2,1-2H3/t16?,19-/m1/s1. The van der Waals surface area contributed by atoms with Crippen LogP contribution < -0.4 is 9.64 Å². The average Bonchev–Trinajstić information content (AvgIpc) is 2.87. The van der Waals surface area contributed by atoms with Crippen LogP contribution in [0.15, 0.2) is 36.4 Å². The zero-order valence-corrected chi connectivity index (χ0v) is 20.3. The quantitative estimate of drug-likeness (QED) is 0.204. The molecule has 0 radical (unpaired) electrons. The summed E-state index contributed by atoms with van der Waals surface area (Å²) in [5.41, 5.74) is 0.594. The van der Waals surface area contributed by atoms with E-state index in [0.29, 0.717) is 16.2 Å². The number of ether oxygens (including phenoxy) is 3. The highest BCUT2D eigenvalue weighted by atomic mass is 35.5. The molecule has 0 saturated heterocycles. The molecule has 0 aromatic heterocycles. The summed E-state index contributed by atoms with van der Waals surface area (Å²) in [5, 5.41) is 12.9. The number of esters is 1. The maximum absolute atomic E-state index is 14.1. The minimum Gasteiger partial charge on any atom is -0.495 e. The molecule has 12 heteroatoms. The van der Waals surface area contributed by atoms with Gasteiger partial charge in [-0.05, 0) is 42.8 Å². The summed E-state index contributed by atoms with van der Waals surface area (Å²) >= 11 is 17.9. The molecular weight excluding hydrogens is 515 g/mol. The van der Waals surface area contributed by atoms with Crippen LogP contribution in [0.2, 0.25) is 10.0 Å². The molecule has 1 heterocycles. The molecule has 0 fully saturated rings. The Hall–Kier alpha value is -2.46. The number of anilines is 1. The van der Waals surface area contributed by atoms with E-state index < -0.39 is 41.7 Å². The third-order valence-electron chi connectivity index (χ3n) is 5.00. The Morgan fingerprint density at radius 2 is 1.94 bits per heavy atom. The number of amidine groups is 2. The number of hydrogen-bond donors (Lipinski definition) is 2. The van der Waals surface area contributed by atoms with E-state index in [1.165, 1.54) is 25.3 Å². The van der Waals surface area contributed by atoms with Crippen molar-refractivity contribution in [1.29, 1.82) is 10.8 Å². The minimum atomic E-state index is -4.12. The lowest BCUT2D eigenvalue weighted by atomic mass is 9.98. The van der Waals surface area contributed by atoms with Gasteiger partial charge in [0.05, 0.1) is 30.8 Å². The summed E-state index contributed by atoms with van der Waals surface area (Å²) in [6, 6.07) is 9.12. The van der Waals surface area contributed by atoms with Gasteiger partial charge < -0.3 is 14.2 Å². The maximum atomic E-state index is 14.1. The van der Waals surface area contributed by atoms with Crippen molar-refractivity contribution in [1.82, 2.24) is 0 Å². The summed E-state index contributed by atoms with van der Waals surface area (Å²) in [5.74, 6) is -2.40. The predicted molar refractivity (Wildman–Crippen MR) is 126 cm³/mol. The molecule has 2 aromatic carbocycles. The number of alkyl halides is 3. The summed E-state index contributed by atoms with van der Waals surface area (Å²) in [4.78, 5) is 12.9. The van der Waals surface area contributed by atoms with Crippen LogP contribution >= 0.6 is 34.8 Å². The lowest BCUT2D eigenvalue weighted by Crippen LogP contribution is -2.48. The average molecular weight is 535 g/mol. The molecule has 34 heavy (non-hydrogen) atoms. The topological polar surface area (TPSA) is 95.7 Å². The van der Waals surface area contributed by atoms with Gasteiger partial charge in [-0.15, -0.1) is 0 Å². The highest BCUT2D eigenvalue weighted by Crippen LogP contribution is 2.44. The molecular formula is C22H20Cl3F2N3O4. The molecule has 0 spiro atoms. The number of rotatable bonds is 6. The van der Waals surface area contributed by atoms with E-state index in [9.17, 15) is 13.6 Å². The zero-order valence-electron chi connectivity index (χ0n) is 18.0. The third kappa shape index (κ3) is 5.27. The zero-order chi connectivity index (χ0) is 25.2. The number of hydrogen-bond acceptors (Lipinski definition) is 6. The van der Waals surface area contributed by atoms with Crippen molar-refractivity contribution in [3.63, 3.8) is 0 Å². The molecule has 7 nitrogen and oxygen atoms in total.